The summed E-state index contributed by atoms with van der Waals surface area (Å²) in [6, 6.07) is 0.992. The fraction of sp³-hybridized carbons (Fsp3) is 0.412. The van der Waals surface area contributed by atoms with E-state index in [1.54, 1.807) is 20.8 Å². The normalized spacial score (nSPS) is 12.9. The van der Waals surface area contributed by atoms with Gasteiger partial charge in [-0.25, -0.2) is 14.5 Å². The summed E-state index contributed by atoms with van der Waals surface area (Å²) in [6.45, 7) is 5.18. The molecular formula is C17H19F3N4O3. The molecule has 2 N–H and O–H groups in total. The summed E-state index contributed by atoms with van der Waals surface area (Å²) in [5, 5.41) is 15.6. The van der Waals surface area contributed by atoms with Crippen molar-refractivity contribution in [3.8, 4) is 5.82 Å². The van der Waals surface area contributed by atoms with Crippen molar-refractivity contribution in [3.63, 3.8) is 0 Å². The highest BCUT2D eigenvalue weighted by Gasteiger charge is 2.31. The molecule has 0 aliphatic rings. The van der Waals surface area contributed by atoms with Crippen LogP contribution in [0.5, 0.6) is 0 Å². The van der Waals surface area contributed by atoms with Gasteiger partial charge in [-0.3, -0.25) is 4.79 Å². The van der Waals surface area contributed by atoms with E-state index in [-0.39, 0.29) is 23.7 Å². The van der Waals surface area contributed by atoms with Crippen LogP contribution in [0.1, 0.15) is 54.7 Å². The Bertz CT molecular complexity index is 829. The molecule has 1 amide bonds. The topological polar surface area (TPSA) is 97.1 Å². The largest absolute Gasteiger partial charge is 0.480 e. The monoisotopic (exact) mass is 384 g/mol. The van der Waals surface area contributed by atoms with Gasteiger partial charge in [0.05, 0.1) is 23.0 Å². The molecular weight excluding hydrogens is 365 g/mol. The molecule has 27 heavy (non-hydrogen) atoms. The van der Waals surface area contributed by atoms with Gasteiger partial charge in [-0.05, 0) is 24.5 Å². The molecule has 2 aromatic rings. The zero-order valence-corrected chi connectivity index (χ0v) is 14.9. The second kappa shape index (κ2) is 7.77. The predicted molar refractivity (Wildman–Crippen MR) is 89.6 cm³/mol. The number of halogens is 3. The first-order valence-corrected chi connectivity index (χ1v) is 8.21. The SMILES string of the molecule is CCC(NC(=O)c1cnn(-c2ccc(C(F)(F)F)cn2)c1C(C)C)C(=O)O. The number of nitrogens with one attached hydrogen (secondary N) is 1. The summed E-state index contributed by atoms with van der Waals surface area (Å²) in [7, 11) is 0. The molecule has 0 aromatic carbocycles. The lowest BCUT2D eigenvalue weighted by Crippen LogP contribution is -2.40. The highest BCUT2D eigenvalue weighted by atomic mass is 19.4. The van der Waals surface area contributed by atoms with Crippen molar-refractivity contribution in [2.75, 3.05) is 0 Å². The third-order valence-corrected chi connectivity index (χ3v) is 3.90. The minimum Gasteiger partial charge on any atom is -0.480 e. The summed E-state index contributed by atoms with van der Waals surface area (Å²) in [5.41, 5.74) is -0.332. The summed E-state index contributed by atoms with van der Waals surface area (Å²) >= 11 is 0. The maximum atomic E-state index is 12.7. The number of hydrogen-bond donors (Lipinski definition) is 2. The number of carbonyl (C=O) groups is 2. The number of nitrogens with zero attached hydrogens (tertiary/aromatic N) is 3. The van der Waals surface area contributed by atoms with Crippen molar-refractivity contribution in [2.24, 2.45) is 0 Å². The minimum absolute atomic E-state index is 0.121. The van der Waals surface area contributed by atoms with Gasteiger partial charge in [-0.15, -0.1) is 0 Å². The summed E-state index contributed by atoms with van der Waals surface area (Å²) in [6.07, 6.45) is -2.36. The van der Waals surface area contributed by atoms with Crippen molar-refractivity contribution in [2.45, 2.75) is 45.3 Å². The second-order valence-electron chi connectivity index (χ2n) is 6.19. The lowest BCUT2D eigenvalue weighted by Gasteiger charge is -2.15. The van der Waals surface area contributed by atoms with Crippen LogP contribution in [0.15, 0.2) is 24.5 Å². The third kappa shape index (κ3) is 4.44. The Balaban J connectivity index is 2.40. The third-order valence-electron chi connectivity index (χ3n) is 3.90. The molecule has 0 saturated carbocycles. The van der Waals surface area contributed by atoms with E-state index in [1.807, 2.05) is 0 Å². The molecule has 2 aromatic heterocycles. The van der Waals surface area contributed by atoms with E-state index < -0.39 is 29.7 Å². The lowest BCUT2D eigenvalue weighted by atomic mass is 10.0. The molecule has 7 nitrogen and oxygen atoms in total. The molecule has 1 unspecified atom stereocenters. The molecule has 10 heteroatoms. The van der Waals surface area contributed by atoms with E-state index in [9.17, 15) is 22.8 Å². The first-order valence-electron chi connectivity index (χ1n) is 8.21. The predicted octanol–water partition coefficient (Wildman–Crippen LogP) is 3.00. The van der Waals surface area contributed by atoms with Crippen molar-refractivity contribution >= 4 is 11.9 Å². The lowest BCUT2D eigenvalue weighted by molar-refractivity contribution is -0.139. The van der Waals surface area contributed by atoms with Crippen LogP contribution in [0, 0.1) is 0 Å². The van der Waals surface area contributed by atoms with Crippen LogP contribution in [0.25, 0.3) is 5.82 Å². The van der Waals surface area contributed by atoms with Gasteiger partial charge in [0.2, 0.25) is 0 Å². The van der Waals surface area contributed by atoms with E-state index in [4.69, 9.17) is 5.11 Å². The second-order valence-corrected chi connectivity index (χ2v) is 6.19. The number of carbonyl (C=O) groups excluding carboxylic acids is 1. The maximum Gasteiger partial charge on any atom is 0.417 e. The number of rotatable bonds is 6. The first kappa shape index (κ1) is 20.4. The first-order chi connectivity index (χ1) is 12.6. The fourth-order valence-corrected chi connectivity index (χ4v) is 2.52. The molecule has 0 fully saturated rings. The molecule has 0 aliphatic carbocycles. The number of hydrogen-bond acceptors (Lipinski definition) is 4. The summed E-state index contributed by atoms with van der Waals surface area (Å²) in [4.78, 5) is 27.4. The van der Waals surface area contributed by atoms with Crippen LogP contribution in [-0.2, 0) is 11.0 Å². The van der Waals surface area contributed by atoms with Crippen molar-refractivity contribution < 1.29 is 27.9 Å². The van der Waals surface area contributed by atoms with Crippen LogP contribution in [0.4, 0.5) is 13.2 Å². The molecule has 1 atom stereocenters. The van der Waals surface area contributed by atoms with Gasteiger partial charge in [0.25, 0.3) is 5.91 Å². The van der Waals surface area contributed by atoms with Crippen LogP contribution in [-0.4, -0.2) is 37.8 Å². The Hall–Kier alpha value is -2.91. The zero-order chi connectivity index (χ0) is 20.4. The number of alkyl halides is 3. The van der Waals surface area contributed by atoms with Crippen LogP contribution >= 0.6 is 0 Å². The van der Waals surface area contributed by atoms with Crippen LogP contribution in [0.2, 0.25) is 0 Å². The Morgan fingerprint density at radius 2 is 1.93 bits per heavy atom. The number of pyridine rings is 1. The summed E-state index contributed by atoms with van der Waals surface area (Å²) < 4.78 is 39.4. The Kier molecular flexibility index (Phi) is 5.87. The molecule has 0 radical (unpaired) electrons. The van der Waals surface area contributed by atoms with Crippen molar-refractivity contribution in [1.82, 2.24) is 20.1 Å². The molecule has 0 bridgehead atoms. The van der Waals surface area contributed by atoms with Crippen molar-refractivity contribution in [1.29, 1.82) is 0 Å². The average Bonchev–Trinajstić information content (AvgIpc) is 3.04. The number of aliphatic carboxylic acids is 1. The molecule has 0 aliphatic heterocycles. The molecule has 0 saturated heterocycles. The van der Waals surface area contributed by atoms with Gasteiger partial charge in [-0.2, -0.15) is 18.3 Å². The molecule has 2 heterocycles. The molecule has 2 rings (SSSR count). The zero-order valence-electron chi connectivity index (χ0n) is 14.9. The standard InChI is InChI=1S/C17H19F3N4O3/c1-4-12(16(26)27)23-15(25)11-8-22-24(14(11)9(2)3)13-6-5-10(7-21-13)17(18,19)20/h5-9,12H,4H2,1-3H3,(H,23,25)(H,26,27). The maximum absolute atomic E-state index is 12.7. The van der Waals surface area contributed by atoms with E-state index >= 15 is 0 Å². The Labute approximate surface area is 153 Å². The average molecular weight is 384 g/mol. The van der Waals surface area contributed by atoms with E-state index in [0.29, 0.717) is 11.9 Å². The summed E-state index contributed by atoms with van der Waals surface area (Å²) in [5.74, 6) is -1.88. The smallest absolute Gasteiger partial charge is 0.417 e. The van der Waals surface area contributed by atoms with Gasteiger partial charge in [0.15, 0.2) is 5.82 Å². The van der Waals surface area contributed by atoms with Gasteiger partial charge in [0, 0.05) is 6.20 Å². The fourth-order valence-electron chi connectivity index (χ4n) is 2.52. The quantitative estimate of drug-likeness (QED) is 0.798. The minimum atomic E-state index is -4.51. The highest BCUT2D eigenvalue weighted by molar-refractivity contribution is 5.97. The Morgan fingerprint density at radius 1 is 1.26 bits per heavy atom. The molecule has 146 valence electrons. The number of carboxylic acid groups (broad SMARTS) is 1. The number of amides is 1. The highest BCUT2D eigenvalue weighted by Crippen LogP contribution is 2.29. The van der Waals surface area contributed by atoms with Gasteiger partial charge in [-0.1, -0.05) is 20.8 Å². The Morgan fingerprint density at radius 3 is 2.37 bits per heavy atom. The number of aromatic nitrogens is 3. The van der Waals surface area contributed by atoms with E-state index in [1.165, 1.54) is 10.9 Å². The van der Waals surface area contributed by atoms with Gasteiger partial charge in [0.1, 0.15) is 6.04 Å². The van der Waals surface area contributed by atoms with Crippen LogP contribution in [0.3, 0.4) is 0 Å². The van der Waals surface area contributed by atoms with Crippen LogP contribution < -0.4 is 5.32 Å². The van der Waals surface area contributed by atoms with E-state index in [0.717, 1.165) is 12.1 Å². The van der Waals surface area contributed by atoms with Gasteiger partial charge >= 0.3 is 12.1 Å². The van der Waals surface area contributed by atoms with Crippen molar-refractivity contribution in [3.05, 3.63) is 41.3 Å². The molecule has 0 spiro atoms. The number of carboxylic acids is 1. The van der Waals surface area contributed by atoms with Gasteiger partial charge < -0.3 is 10.4 Å². The van der Waals surface area contributed by atoms with E-state index in [2.05, 4.69) is 15.4 Å².